The van der Waals surface area contributed by atoms with E-state index in [0.717, 1.165) is 23.4 Å². The summed E-state index contributed by atoms with van der Waals surface area (Å²) in [5.41, 5.74) is 0.800. The van der Waals surface area contributed by atoms with Crippen molar-refractivity contribution in [2.24, 2.45) is 5.92 Å². The highest BCUT2D eigenvalue weighted by molar-refractivity contribution is 7.17. The number of carbonyl (C=O) groups excluding carboxylic acids is 1. The lowest BCUT2D eigenvalue weighted by Gasteiger charge is -2.37. The summed E-state index contributed by atoms with van der Waals surface area (Å²) < 4.78 is 1.56. The van der Waals surface area contributed by atoms with E-state index in [1.807, 2.05) is 18.7 Å². The van der Waals surface area contributed by atoms with E-state index in [-0.39, 0.29) is 23.1 Å². The van der Waals surface area contributed by atoms with Gasteiger partial charge in [-0.05, 0) is 39.5 Å². The van der Waals surface area contributed by atoms with Gasteiger partial charge in [0.1, 0.15) is 5.56 Å². The predicted octanol–water partition coefficient (Wildman–Crippen LogP) is 2.63. The number of fused-ring (bicyclic) bond motifs is 1. The van der Waals surface area contributed by atoms with Crippen molar-refractivity contribution in [1.82, 2.24) is 14.3 Å². The van der Waals surface area contributed by atoms with Crippen LogP contribution in [-0.4, -0.2) is 32.8 Å². The largest absolute Gasteiger partial charge is 0.335 e. The average Bonchev–Trinajstić information content (AvgIpc) is 2.77. The van der Waals surface area contributed by atoms with E-state index in [1.165, 1.54) is 17.5 Å². The third kappa shape index (κ3) is 2.26. The van der Waals surface area contributed by atoms with Crippen molar-refractivity contribution in [3.63, 3.8) is 0 Å². The van der Waals surface area contributed by atoms with Gasteiger partial charge in [0.05, 0.1) is 0 Å². The number of likely N-dealkylation sites (tertiary alicyclic amines) is 1. The highest BCUT2D eigenvalue weighted by atomic mass is 32.1. The van der Waals surface area contributed by atoms with Gasteiger partial charge in [-0.3, -0.25) is 14.0 Å². The molecule has 3 rings (SSSR count). The van der Waals surface area contributed by atoms with E-state index in [2.05, 4.69) is 18.8 Å². The van der Waals surface area contributed by atoms with Crippen LogP contribution in [0.25, 0.3) is 4.96 Å². The second kappa shape index (κ2) is 5.50. The van der Waals surface area contributed by atoms with Crippen LogP contribution < -0.4 is 5.56 Å². The Kier molecular flexibility index (Phi) is 3.80. The summed E-state index contributed by atoms with van der Waals surface area (Å²) in [5, 5.41) is 0. The molecule has 1 fully saturated rings. The normalized spacial score (nSPS) is 22.3. The molecule has 1 amide bonds. The van der Waals surface area contributed by atoms with Gasteiger partial charge in [0.25, 0.3) is 11.5 Å². The van der Waals surface area contributed by atoms with Crippen LogP contribution in [0.3, 0.4) is 0 Å². The minimum absolute atomic E-state index is 0.159. The molecule has 0 bridgehead atoms. The molecule has 0 radical (unpaired) electrons. The summed E-state index contributed by atoms with van der Waals surface area (Å²) in [6, 6.07) is 0.159. The van der Waals surface area contributed by atoms with Crippen molar-refractivity contribution in [2.75, 3.05) is 6.54 Å². The van der Waals surface area contributed by atoms with E-state index in [9.17, 15) is 9.59 Å². The third-order valence-electron chi connectivity index (χ3n) is 4.88. The summed E-state index contributed by atoms with van der Waals surface area (Å²) in [5.74, 6) is 0.275. The van der Waals surface area contributed by atoms with E-state index in [0.29, 0.717) is 17.4 Å². The van der Waals surface area contributed by atoms with Crippen LogP contribution in [-0.2, 0) is 0 Å². The number of nitrogens with zero attached hydrogens (tertiary/aromatic N) is 3. The van der Waals surface area contributed by atoms with Gasteiger partial charge in [0, 0.05) is 29.4 Å². The number of rotatable bonds is 1. The SMILES string of the molecule is Cc1sc2ncc(C(=O)N3CCC[C@H](C)[C@H]3C)c(=O)n2c1C. The van der Waals surface area contributed by atoms with Gasteiger partial charge in [-0.2, -0.15) is 0 Å². The molecule has 0 aromatic carbocycles. The minimum atomic E-state index is -0.248. The van der Waals surface area contributed by atoms with Crippen LogP contribution in [0.1, 0.15) is 47.6 Å². The molecule has 0 N–H and O–H groups in total. The maximum Gasteiger partial charge on any atom is 0.271 e. The standard InChI is InChI=1S/C16H21N3O2S/c1-9-6-5-7-18(10(9)2)14(20)13-8-17-16-19(15(13)21)11(3)12(4)22-16/h8-10H,5-7H2,1-4H3/t9-,10+/m0/s1. The monoisotopic (exact) mass is 319 g/mol. The molecule has 3 heterocycles. The molecule has 1 saturated heterocycles. The van der Waals surface area contributed by atoms with Crippen molar-refractivity contribution in [3.05, 3.63) is 32.7 Å². The fraction of sp³-hybridized carbons (Fsp3) is 0.562. The van der Waals surface area contributed by atoms with Crippen molar-refractivity contribution < 1.29 is 4.79 Å². The minimum Gasteiger partial charge on any atom is -0.335 e. The lowest BCUT2D eigenvalue weighted by atomic mass is 9.91. The van der Waals surface area contributed by atoms with Gasteiger partial charge < -0.3 is 4.90 Å². The van der Waals surface area contributed by atoms with Gasteiger partial charge in [0.2, 0.25) is 0 Å². The molecule has 1 aliphatic heterocycles. The van der Waals surface area contributed by atoms with Crippen molar-refractivity contribution in [3.8, 4) is 0 Å². The molecule has 0 aliphatic carbocycles. The summed E-state index contributed by atoms with van der Waals surface area (Å²) in [4.78, 5) is 33.4. The number of thiazole rings is 1. The predicted molar refractivity (Wildman–Crippen MR) is 87.7 cm³/mol. The zero-order valence-electron chi connectivity index (χ0n) is 13.4. The smallest absolute Gasteiger partial charge is 0.271 e. The summed E-state index contributed by atoms with van der Waals surface area (Å²) >= 11 is 1.48. The summed E-state index contributed by atoms with van der Waals surface area (Å²) in [6.07, 6.45) is 3.57. The molecular formula is C16H21N3O2S. The first-order valence-electron chi connectivity index (χ1n) is 7.70. The Bertz CT molecular complexity index is 793. The number of piperidine rings is 1. The van der Waals surface area contributed by atoms with E-state index < -0.39 is 0 Å². The van der Waals surface area contributed by atoms with Crippen molar-refractivity contribution in [2.45, 2.75) is 46.6 Å². The molecule has 0 unspecified atom stereocenters. The first-order valence-corrected chi connectivity index (χ1v) is 8.52. The fourth-order valence-electron chi connectivity index (χ4n) is 3.10. The maximum atomic E-state index is 12.8. The van der Waals surface area contributed by atoms with E-state index >= 15 is 0 Å². The number of aryl methyl sites for hydroxylation is 2. The molecule has 2 aromatic heterocycles. The van der Waals surface area contributed by atoms with Crippen LogP contribution in [0.4, 0.5) is 0 Å². The molecule has 0 spiro atoms. The Morgan fingerprint density at radius 1 is 1.36 bits per heavy atom. The van der Waals surface area contributed by atoms with Gasteiger partial charge >= 0.3 is 0 Å². The zero-order valence-corrected chi connectivity index (χ0v) is 14.2. The molecule has 5 nitrogen and oxygen atoms in total. The second-order valence-electron chi connectivity index (χ2n) is 6.20. The lowest BCUT2D eigenvalue weighted by molar-refractivity contribution is 0.0548. The molecule has 1 aliphatic rings. The number of hydrogen-bond acceptors (Lipinski definition) is 4. The summed E-state index contributed by atoms with van der Waals surface area (Å²) in [7, 11) is 0. The average molecular weight is 319 g/mol. The van der Waals surface area contributed by atoms with Crippen LogP contribution in [0, 0.1) is 19.8 Å². The molecule has 6 heteroatoms. The Morgan fingerprint density at radius 2 is 2.09 bits per heavy atom. The Hall–Kier alpha value is -1.69. The van der Waals surface area contributed by atoms with E-state index in [1.54, 1.807) is 4.40 Å². The van der Waals surface area contributed by atoms with Gasteiger partial charge in [-0.15, -0.1) is 11.3 Å². The molecule has 0 saturated carbocycles. The maximum absolute atomic E-state index is 12.8. The third-order valence-corrected chi connectivity index (χ3v) is 5.96. The van der Waals surface area contributed by atoms with Gasteiger partial charge in [0.15, 0.2) is 4.96 Å². The number of hydrogen-bond donors (Lipinski definition) is 0. The molecule has 2 aromatic rings. The second-order valence-corrected chi connectivity index (χ2v) is 7.38. The number of amides is 1. The zero-order chi connectivity index (χ0) is 16.0. The van der Waals surface area contributed by atoms with Gasteiger partial charge in [-0.25, -0.2) is 4.98 Å². The van der Waals surface area contributed by atoms with Crippen LogP contribution >= 0.6 is 11.3 Å². The van der Waals surface area contributed by atoms with Crippen LogP contribution in [0.15, 0.2) is 11.0 Å². The summed E-state index contributed by atoms with van der Waals surface area (Å²) in [6.45, 7) is 8.79. The quantitative estimate of drug-likeness (QED) is 0.812. The van der Waals surface area contributed by atoms with Crippen molar-refractivity contribution in [1.29, 1.82) is 0 Å². The number of aromatic nitrogens is 2. The number of carbonyl (C=O) groups is 1. The van der Waals surface area contributed by atoms with Crippen LogP contribution in [0.2, 0.25) is 0 Å². The molecule has 2 atom stereocenters. The Labute approximate surface area is 133 Å². The lowest BCUT2D eigenvalue weighted by Crippen LogP contribution is -2.47. The van der Waals surface area contributed by atoms with Crippen LogP contribution in [0.5, 0.6) is 0 Å². The van der Waals surface area contributed by atoms with Crippen molar-refractivity contribution >= 4 is 22.2 Å². The Balaban J connectivity index is 2.06. The first-order chi connectivity index (χ1) is 10.4. The highest BCUT2D eigenvalue weighted by Gasteiger charge is 2.30. The topological polar surface area (TPSA) is 54.7 Å². The highest BCUT2D eigenvalue weighted by Crippen LogP contribution is 2.24. The first kappa shape index (κ1) is 15.2. The molecular weight excluding hydrogens is 298 g/mol. The molecule has 118 valence electrons. The fourth-order valence-corrected chi connectivity index (χ4v) is 4.03. The Morgan fingerprint density at radius 3 is 2.82 bits per heavy atom. The van der Waals surface area contributed by atoms with E-state index in [4.69, 9.17) is 0 Å². The van der Waals surface area contributed by atoms with Gasteiger partial charge in [-0.1, -0.05) is 6.92 Å². The molecule has 22 heavy (non-hydrogen) atoms.